The number of aryl methyl sites for hydroxylation is 1. The van der Waals surface area contributed by atoms with Gasteiger partial charge in [0.15, 0.2) is 5.58 Å². The van der Waals surface area contributed by atoms with Gasteiger partial charge in [-0.15, -0.1) is 0 Å². The van der Waals surface area contributed by atoms with E-state index < -0.39 is 11.8 Å². The van der Waals surface area contributed by atoms with Crippen molar-refractivity contribution >= 4 is 17.2 Å². The average molecular weight is 285 g/mol. The topological polar surface area (TPSA) is 26.0 Å². The second kappa shape index (κ2) is 5.13. The van der Waals surface area contributed by atoms with E-state index in [0.29, 0.717) is 16.7 Å². The lowest BCUT2D eigenvalue weighted by atomic mass is 10.2. The molecule has 0 atom stereocenters. The largest absolute Gasteiger partial charge is 0.435 e. The molecule has 0 aliphatic rings. The van der Waals surface area contributed by atoms with Crippen LogP contribution >= 0.6 is 0 Å². The number of hydrogen-bond donors (Lipinski definition) is 0. The Balaban J connectivity index is 1.94. The third kappa shape index (κ3) is 2.84. The molecule has 0 spiro atoms. The van der Waals surface area contributed by atoms with E-state index in [1.807, 2.05) is 13.0 Å². The first-order chi connectivity index (χ1) is 10.0. The summed E-state index contributed by atoms with van der Waals surface area (Å²) in [6.45, 7) is 1.88. The molecule has 0 bridgehead atoms. The van der Waals surface area contributed by atoms with Crippen LogP contribution < -0.4 is 0 Å². The highest BCUT2D eigenvalue weighted by molar-refractivity contribution is 5.73. The van der Waals surface area contributed by atoms with Gasteiger partial charge in [-0.2, -0.15) is 8.78 Å². The van der Waals surface area contributed by atoms with Crippen LogP contribution in [0.1, 0.15) is 17.0 Å². The van der Waals surface area contributed by atoms with E-state index in [4.69, 9.17) is 4.42 Å². The Morgan fingerprint density at radius 1 is 1.10 bits per heavy atom. The molecule has 3 aromatic rings. The molecule has 0 saturated heterocycles. The van der Waals surface area contributed by atoms with Gasteiger partial charge in [-0.25, -0.2) is 4.98 Å². The number of hydrogen-bond acceptors (Lipinski definition) is 2. The van der Waals surface area contributed by atoms with Gasteiger partial charge in [-0.3, -0.25) is 0 Å². The van der Waals surface area contributed by atoms with Gasteiger partial charge in [0.2, 0.25) is 0 Å². The van der Waals surface area contributed by atoms with Crippen molar-refractivity contribution in [1.82, 2.24) is 4.98 Å². The first-order valence-electron chi connectivity index (χ1n) is 6.54. The van der Waals surface area contributed by atoms with Gasteiger partial charge in [0.1, 0.15) is 5.52 Å². The molecule has 0 fully saturated rings. The summed E-state index contributed by atoms with van der Waals surface area (Å²) in [5.74, 6) is -3.83. The monoisotopic (exact) mass is 285 g/mol. The van der Waals surface area contributed by atoms with Crippen LogP contribution in [0.5, 0.6) is 0 Å². The Labute approximate surface area is 120 Å². The Bertz CT molecular complexity index is 791. The highest BCUT2D eigenvalue weighted by atomic mass is 19.3. The van der Waals surface area contributed by atoms with Crippen molar-refractivity contribution in [2.24, 2.45) is 0 Å². The average Bonchev–Trinajstić information content (AvgIpc) is 2.90. The zero-order chi connectivity index (χ0) is 14.9. The molecule has 0 aliphatic heterocycles. The van der Waals surface area contributed by atoms with Gasteiger partial charge in [-0.05, 0) is 36.3 Å². The molecule has 3 rings (SSSR count). The van der Waals surface area contributed by atoms with Crippen LogP contribution in [-0.2, 0) is 5.92 Å². The Morgan fingerprint density at radius 2 is 1.86 bits per heavy atom. The minimum absolute atomic E-state index is 0.364. The quantitative estimate of drug-likeness (QED) is 0.681. The lowest BCUT2D eigenvalue weighted by Gasteiger charge is -2.06. The van der Waals surface area contributed by atoms with Crippen molar-refractivity contribution in [3.63, 3.8) is 0 Å². The van der Waals surface area contributed by atoms with Crippen molar-refractivity contribution < 1.29 is 13.2 Å². The standard InChI is InChI=1S/C17H13F2NO/c1-12-7-8-15-14(11-12)20-16(21-15)17(18,19)10-9-13-5-3-2-4-6-13/h2-11H,1H3/b10-9+. The zero-order valence-corrected chi connectivity index (χ0v) is 11.4. The predicted octanol–water partition coefficient (Wildman–Crippen LogP) is 4.94. The molecule has 0 saturated carbocycles. The van der Waals surface area contributed by atoms with Gasteiger partial charge < -0.3 is 4.42 Å². The Kier molecular flexibility index (Phi) is 3.29. The fraction of sp³-hybridized carbons (Fsp3) is 0.118. The van der Waals surface area contributed by atoms with Crippen LogP contribution in [-0.4, -0.2) is 4.98 Å². The summed E-state index contributed by atoms with van der Waals surface area (Å²) < 4.78 is 33.4. The van der Waals surface area contributed by atoms with Gasteiger partial charge in [0, 0.05) is 0 Å². The van der Waals surface area contributed by atoms with Crippen LogP contribution in [0.15, 0.2) is 59.0 Å². The summed E-state index contributed by atoms with van der Waals surface area (Å²) in [7, 11) is 0. The number of nitrogens with zero attached hydrogens (tertiary/aromatic N) is 1. The summed E-state index contributed by atoms with van der Waals surface area (Å²) in [4.78, 5) is 3.89. The van der Waals surface area contributed by atoms with Crippen molar-refractivity contribution in [2.45, 2.75) is 12.8 Å². The minimum Gasteiger partial charge on any atom is -0.435 e. The fourth-order valence-corrected chi connectivity index (χ4v) is 2.02. The summed E-state index contributed by atoms with van der Waals surface area (Å²) in [6, 6.07) is 14.1. The number of allylic oxidation sites excluding steroid dienone is 1. The van der Waals surface area contributed by atoms with Crippen molar-refractivity contribution in [3.8, 4) is 0 Å². The third-order valence-electron chi connectivity index (χ3n) is 3.11. The first-order valence-corrected chi connectivity index (χ1v) is 6.54. The summed E-state index contributed by atoms with van der Waals surface area (Å²) in [6.07, 6.45) is 2.17. The molecule has 1 aromatic heterocycles. The van der Waals surface area contributed by atoms with E-state index in [9.17, 15) is 8.78 Å². The summed E-state index contributed by atoms with van der Waals surface area (Å²) >= 11 is 0. The molecule has 106 valence electrons. The van der Waals surface area contributed by atoms with E-state index in [1.165, 1.54) is 6.08 Å². The van der Waals surface area contributed by atoms with Crippen molar-refractivity contribution in [1.29, 1.82) is 0 Å². The molecule has 0 unspecified atom stereocenters. The predicted molar refractivity (Wildman–Crippen MR) is 78.1 cm³/mol. The van der Waals surface area contributed by atoms with Crippen LogP contribution in [0.4, 0.5) is 8.78 Å². The van der Waals surface area contributed by atoms with Crippen molar-refractivity contribution in [3.05, 3.63) is 71.6 Å². The molecule has 0 amide bonds. The van der Waals surface area contributed by atoms with Crippen LogP contribution in [0, 0.1) is 6.92 Å². The number of benzene rings is 2. The number of oxazole rings is 1. The highest BCUT2D eigenvalue weighted by Crippen LogP contribution is 2.32. The molecule has 2 nitrogen and oxygen atoms in total. The second-order valence-electron chi connectivity index (χ2n) is 4.86. The Hall–Kier alpha value is -2.49. The maximum Gasteiger partial charge on any atom is 0.341 e. The maximum absolute atomic E-state index is 14.1. The summed E-state index contributed by atoms with van der Waals surface area (Å²) in [5.41, 5.74) is 2.45. The first kappa shape index (κ1) is 13.5. The molecule has 0 N–H and O–H groups in total. The summed E-state index contributed by atoms with van der Waals surface area (Å²) in [5, 5.41) is 0. The van der Waals surface area contributed by atoms with Crippen molar-refractivity contribution in [2.75, 3.05) is 0 Å². The molecular weight excluding hydrogens is 272 g/mol. The lowest BCUT2D eigenvalue weighted by Crippen LogP contribution is -2.09. The Morgan fingerprint density at radius 3 is 2.62 bits per heavy atom. The van der Waals surface area contributed by atoms with E-state index in [0.717, 1.165) is 11.6 Å². The lowest BCUT2D eigenvalue weighted by molar-refractivity contribution is 0.0243. The normalized spacial score (nSPS) is 12.3. The van der Waals surface area contributed by atoms with Crippen LogP contribution in [0.3, 0.4) is 0 Å². The fourth-order valence-electron chi connectivity index (χ4n) is 2.02. The number of aromatic nitrogens is 1. The molecule has 4 heteroatoms. The van der Waals surface area contributed by atoms with E-state index >= 15 is 0 Å². The molecule has 21 heavy (non-hydrogen) atoms. The molecule has 2 aromatic carbocycles. The van der Waals surface area contributed by atoms with E-state index in [-0.39, 0.29) is 0 Å². The number of fused-ring (bicyclic) bond motifs is 1. The maximum atomic E-state index is 14.1. The minimum atomic E-state index is -3.25. The van der Waals surface area contributed by atoms with Crippen LogP contribution in [0.2, 0.25) is 0 Å². The number of halogens is 2. The smallest absolute Gasteiger partial charge is 0.341 e. The van der Waals surface area contributed by atoms with Crippen LogP contribution in [0.25, 0.3) is 17.2 Å². The van der Waals surface area contributed by atoms with Gasteiger partial charge in [0.25, 0.3) is 5.89 Å². The van der Waals surface area contributed by atoms with E-state index in [1.54, 1.807) is 42.5 Å². The van der Waals surface area contributed by atoms with Gasteiger partial charge >= 0.3 is 5.92 Å². The van der Waals surface area contributed by atoms with E-state index in [2.05, 4.69) is 4.98 Å². The number of alkyl halides is 2. The zero-order valence-electron chi connectivity index (χ0n) is 11.4. The second-order valence-corrected chi connectivity index (χ2v) is 4.86. The third-order valence-corrected chi connectivity index (χ3v) is 3.11. The molecule has 0 aliphatic carbocycles. The SMILES string of the molecule is Cc1ccc2oc(C(F)(F)/C=C/c3ccccc3)nc2c1. The number of rotatable bonds is 3. The molecule has 1 heterocycles. The van der Waals surface area contributed by atoms with Gasteiger partial charge in [-0.1, -0.05) is 42.5 Å². The molecular formula is C17H13F2NO. The molecule has 0 radical (unpaired) electrons. The van der Waals surface area contributed by atoms with Gasteiger partial charge in [0.05, 0.1) is 0 Å². The highest BCUT2D eigenvalue weighted by Gasteiger charge is 2.34.